The van der Waals surface area contributed by atoms with Crippen molar-refractivity contribution >= 4 is 28.6 Å². The zero-order valence-electron chi connectivity index (χ0n) is 9.73. The van der Waals surface area contributed by atoms with Crippen LogP contribution in [0.25, 0.3) is 0 Å². The second-order valence-electron chi connectivity index (χ2n) is 4.22. The van der Waals surface area contributed by atoms with Crippen molar-refractivity contribution in [1.82, 2.24) is 4.72 Å². The Bertz CT molecular complexity index is 332. The first kappa shape index (κ1) is 15.7. The number of carboxylic acid groups (broad SMARTS) is 1. The first-order valence-electron chi connectivity index (χ1n) is 5.05. The molecule has 0 rings (SSSR count). The van der Waals surface area contributed by atoms with E-state index >= 15 is 0 Å². The molecule has 96 valence electrons. The highest BCUT2D eigenvalue weighted by molar-refractivity contribution is 7.89. The minimum Gasteiger partial charge on any atom is -0.480 e. The maximum atomic E-state index is 11.5. The summed E-state index contributed by atoms with van der Waals surface area (Å²) in [6.45, 7) is 4.97. The molecule has 0 saturated heterocycles. The fourth-order valence-electron chi connectivity index (χ4n) is 1.07. The highest BCUT2D eigenvalue weighted by atomic mass is 32.2. The van der Waals surface area contributed by atoms with Crippen molar-refractivity contribution in [3.8, 4) is 0 Å². The minimum atomic E-state index is -3.55. The van der Waals surface area contributed by atoms with Crippen molar-refractivity contribution in [2.24, 2.45) is 0 Å². The summed E-state index contributed by atoms with van der Waals surface area (Å²) >= 11 is 4.08. The van der Waals surface area contributed by atoms with E-state index in [2.05, 4.69) is 17.4 Å². The Morgan fingerprint density at radius 2 is 2.00 bits per heavy atom. The van der Waals surface area contributed by atoms with Gasteiger partial charge in [-0.05, 0) is 20.3 Å². The van der Waals surface area contributed by atoms with Crippen LogP contribution in [0.5, 0.6) is 0 Å². The van der Waals surface area contributed by atoms with Gasteiger partial charge in [0.1, 0.15) is 6.04 Å². The molecule has 0 bridgehead atoms. The zero-order chi connectivity index (χ0) is 13.0. The second-order valence-corrected chi connectivity index (χ2v) is 7.24. The molecule has 1 atom stereocenters. The van der Waals surface area contributed by atoms with Gasteiger partial charge in [0.05, 0.1) is 5.75 Å². The van der Waals surface area contributed by atoms with Crippen molar-refractivity contribution in [2.45, 2.75) is 44.4 Å². The zero-order valence-corrected chi connectivity index (χ0v) is 11.4. The van der Waals surface area contributed by atoms with Gasteiger partial charge in [0.15, 0.2) is 0 Å². The van der Waals surface area contributed by atoms with Crippen LogP contribution < -0.4 is 4.72 Å². The number of carbonyl (C=O) groups is 1. The van der Waals surface area contributed by atoms with E-state index in [9.17, 15) is 13.2 Å². The van der Waals surface area contributed by atoms with Crippen LogP contribution >= 0.6 is 12.6 Å². The molecule has 0 radical (unpaired) electrons. The quantitative estimate of drug-likeness (QED) is 0.599. The van der Waals surface area contributed by atoms with Crippen molar-refractivity contribution in [1.29, 1.82) is 0 Å². The summed E-state index contributed by atoms with van der Waals surface area (Å²) in [6.07, 6.45) is 1.25. The Kier molecular flexibility index (Phi) is 5.78. The van der Waals surface area contributed by atoms with Crippen molar-refractivity contribution < 1.29 is 18.3 Å². The fraction of sp³-hybridized carbons (Fsp3) is 0.889. The van der Waals surface area contributed by atoms with E-state index in [1.165, 1.54) is 0 Å². The van der Waals surface area contributed by atoms with Gasteiger partial charge in [0.25, 0.3) is 0 Å². The molecule has 0 aromatic carbocycles. The van der Waals surface area contributed by atoms with Gasteiger partial charge < -0.3 is 5.11 Å². The lowest BCUT2D eigenvalue weighted by Crippen LogP contribution is -2.51. The molecule has 0 spiro atoms. The van der Waals surface area contributed by atoms with Crippen LogP contribution in [0.3, 0.4) is 0 Å². The molecule has 0 aliphatic rings. The van der Waals surface area contributed by atoms with Gasteiger partial charge in [0.2, 0.25) is 10.0 Å². The Balaban J connectivity index is 4.71. The second kappa shape index (κ2) is 5.88. The molecule has 16 heavy (non-hydrogen) atoms. The van der Waals surface area contributed by atoms with Crippen LogP contribution in [0.4, 0.5) is 0 Å². The van der Waals surface area contributed by atoms with Crippen LogP contribution in [0, 0.1) is 0 Å². The summed E-state index contributed by atoms with van der Waals surface area (Å²) in [5.41, 5.74) is 0. The Morgan fingerprint density at radius 3 is 2.31 bits per heavy atom. The largest absolute Gasteiger partial charge is 0.480 e. The van der Waals surface area contributed by atoms with E-state index in [-0.39, 0.29) is 5.75 Å². The molecule has 0 aromatic heterocycles. The summed E-state index contributed by atoms with van der Waals surface area (Å²) in [5, 5.41) is 8.92. The molecular weight excluding hydrogens is 250 g/mol. The number of nitrogens with one attached hydrogen (secondary N) is 1. The number of hydrogen-bond acceptors (Lipinski definition) is 4. The van der Waals surface area contributed by atoms with Gasteiger partial charge in [0, 0.05) is 4.75 Å². The third-order valence-electron chi connectivity index (χ3n) is 2.02. The predicted octanol–water partition coefficient (Wildman–Crippen LogP) is 0.868. The van der Waals surface area contributed by atoms with Gasteiger partial charge in [-0.3, -0.25) is 4.79 Å². The average molecular weight is 269 g/mol. The van der Waals surface area contributed by atoms with Gasteiger partial charge >= 0.3 is 5.97 Å². The number of rotatable bonds is 7. The third kappa shape index (κ3) is 5.72. The van der Waals surface area contributed by atoms with Crippen LogP contribution in [0.1, 0.15) is 33.6 Å². The van der Waals surface area contributed by atoms with Crippen LogP contribution in [0.2, 0.25) is 0 Å². The van der Waals surface area contributed by atoms with E-state index in [0.717, 1.165) is 6.42 Å². The highest BCUT2D eigenvalue weighted by Crippen LogP contribution is 2.18. The maximum absolute atomic E-state index is 11.5. The molecule has 0 aliphatic carbocycles. The van der Waals surface area contributed by atoms with Gasteiger partial charge in [-0.1, -0.05) is 13.3 Å². The number of aliphatic carboxylic acids is 1. The van der Waals surface area contributed by atoms with E-state index in [0.29, 0.717) is 6.42 Å². The number of hydrogen-bond donors (Lipinski definition) is 3. The standard InChI is InChI=1S/C9H19NO4S2/c1-4-5-6-16(13,14)10-7(8(11)12)9(2,3)15/h7,10,15H,4-6H2,1-3H3,(H,11,12). The molecule has 0 saturated carbocycles. The monoisotopic (exact) mass is 269 g/mol. The average Bonchev–Trinajstić information content (AvgIpc) is 2.09. The Hall–Kier alpha value is -0.270. The predicted molar refractivity (Wildman–Crippen MR) is 66.3 cm³/mol. The van der Waals surface area contributed by atoms with Gasteiger partial charge in [-0.2, -0.15) is 17.4 Å². The SMILES string of the molecule is CCCCS(=O)(=O)NC(C(=O)O)C(C)(C)S. The molecule has 7 heteroatoms. The lowest BCUT2D eigenvalue weighted by atomic mass is 10.1. The van der Waals surface area contributed by atoms with E-state index < -0.39 is 26.8 Å². The fourth-order valence-corrected chi connectivity index (χ4v) is 2.87. The van der Waals surface area contributed by atoms with Crippen LogP contribution in [0.15, 0.2) is 0 Å². The smallest absolute Gasteiger partial charge is 0.323 e. The molecular formula is C9H19NO4S2. The maximum Gasteiger partial charge on any atom is 0.323 e. The summed E-state index contributed by atoms with van der Waals surface area (Å²) in [6, 6.07) is -1.22. The normalized spacial score (nSPS) is 14.8. The summed E-state index contributed by atoms with van der Waals surface area (Å²) in [4.78, 5) is 10.9. The molecule has 1 unspecified atom stereocenters. The van der Waals surface area contributed by atoms with Crippen molar-refractivity contribution in [2.75, 3.05) is 5.75 Å². The first-order chi connectivity index (χ1) is 7.10. The lowest BCUT2D eigenvalue weighted by molar-refractivity contribution is -0.139. The molecule has 0 amide bonds. The number of sulfonamides is 1. The first-order valence-corrected chi connectivity index (χ1v) is 7.15. The molecule has 2 N–H and O–H groups in total. The summed E-state index contributed by atoms with van der Waals surface area (Å²) in [7, 11) is -3.55. The third-order valence-corrected chi connectivity index (χ3v) is 3.70. The Labute approximate surface area is 102 Å². The highest BCUT2D eigenvalue weighted by Gasteiger charge is 2.35. The molecule has 0 aromatic rings. The molecule has 0 aliphatic heterocycles. The topological polar surface area (TPSA) is 83.5 Å². The number of thiol groups is 1. The van der Waals surface area contributed by atoms with E-state index in [1.54, 1.807) is 13.8 Å². The summed E-state index contributed by atoms with van der Waals surface area (Å²) in [5.74, 6) is -1.28. The van der Waals surface area contributed by atoms with Crippen molar-refractivity contribution in [3.05, 3.63) is 0 Å². The van der Waals surface area contributed by atoms with Crippen LogP contribution in [-0.2, 0) is 14.8 Å². The van der Waals surface area contributed by atoms with Crippen LogP contribution in [-0.4, -0.2) is 36.0 Å². The van der Waals surface area contributed by atoms with Gasteiger partial charge in [-0.25, -0.2) is 8.42 Å². The van der Waals surface area contributed by atoms with E-state index in [4.69, 9.17) is 5.11 Å². The molecule has 0 fully saturated rings. The van der Waals surface area contributed by atoms with Crippen molar-refractivity contribution in [3.63, 3.8) is 0 Å². The number of unbranched alkanes of at least 4 members (excludes halogenated alkanes) is 1. The lowest BCUT2D eigenvalue weighted by Gasteiger charge is -2.26. The van der Waals surface area contributed by atoms with E-state index in [1.807, 2.05) is 6.92 Å². The Morgan fingerprint density at radius 1 is 1.50 bits per heavy atom. The van der Waals surface area contributed by atoms with Gasteiger partial charge in [-0.15, -0.1) is 0 Å². The molecule has 5 nitrogen and oxygen atoms in total. The molecule has 0 heterocycles. The number of carboxylic acids is 1. The minimum absolute atomic E-state index is 0.0584. The summed E-state index contributed by atoms with van der Waals surface area (Å²) < 4.78 is 24.3.